The minimum absolute atomic E-state index is 0.185. The number of aliphatic hydroxyl groups is 1. The second-order valence-corrected chi connectivity index (χ2v) is 10.6. The summed E-state index contributed by atoms with van der Waals surface area (Å²) in [7, 11) is 1.00. The van der Waals surface area contributed by atoms with Crippen molar-refractivity contribution in [2.45, 2.75) is 67.5 Å². The zero-order chi connectivity index (χ0) is 33.9. The van der Waals surface area contributed by atoms with Crippen LogP contribution < -0.4 is 0 Å². The molecule has 1 N–H and O–H groups in total. The molecule has 0 fully saturated rings. The Morgan fingerprint density at radius 1 is 1.07 bits per heavy atom. The molecular weight excluding hydrogens is 605 g/mol. The number of ether oxygens (including phenoxy) is 1. The quantitative estimate of drug-likeness (QED) is 0.192. The molecule has 0 atom stereocenters. The molecule has 0 unspecified atom stereocenters. The molecule has 6 nitrogen and oxygen atoms in total. The maximum atomic E-state index is 12.4. The minimum atomic E-state index is -0.390. The summed E-state index contributed by atoms with van der Waals surface area (Å²) < 4.78 is 8.97. The molecule has 0 bridgehead atoms. The summed E-state index contributed by atoms with van der Waals surface area (Å²) in [4.78, 5) is 17.3. The standard InChI is InChI=1S/C30H29Cl2N3O2.C4H8.C2H6.CH4O/c1-5-21(4)18-34-19-27(25-14-13-24(31)17-26(25)32)33-29(34)15-10-22-8-11-23(12-9-22)28-7-6-16-35(28)30(36)37-20(2)3;1-3-4-2;2*1-2/h5-17,19-20H,18H2,1-4H3;3H,1,4H2,2H3;1-2H3;2H,1H3/b15-10+,21-5+;;;. The van der Waals surface area contributed by atoms with E-state index in [1.165, 1.54) is 10.1 Å². The first kappa shape index (κ1) is 39.2. The molecule has 2 heterocycles. The number of aliphatic hydroxyl groups excluding tert-OH is 1. The maximum Gasteiger partial charge on any atom is 0.418 e. The predicted octanol–water partition coefficient (Wildman–Crippen LogP) is 11.1. The molecule has 4 rings (SSSR count). The Hall–Kier alpha value is -3.84. The van der Waals surface area contributed by atoms with Gasteiger partial charge >= 0.3 is 6.09 Å². The van der Waals surface area contributed by atoms with Gasteiger partial charge in [-0.1, -0.05) is 92.0 Å². The highest BCUT2D eigenvalue weighted by Crippen LogP contribution is 2.30. The van der Waals surface area contributed by atoms with Crippen LogP contribution in [0, 0.1) is 0 Å². The van der Waals surface area contributed by atoms with E-state index in [1.807, 2.05) is 108 Å². The third kappa shape index (κ3) is 12.2. The van der Waals surface area contributed by atoms with Crippen LogP contribution in [0.1, 0.15) is 66.3 Å². The van der Waals surface area contributed by atoms with Crippen LogP contribution in [0.2, 0.25) is 10.0 Å². The van der Waals surface area contributed by atoms with Crippen LogP contribution in [0.4, 0.5) is 4.79 Å². The molecule has 0 saturated carbocycles. The van der Waals surface area contributed by atoms with E-state index in [1.54, 1.807) is 12.3 Å². The van der Waals surface area contributed by atoms with Crippen molar-refractivity contribution >= 4 is 41.4 Å². The van der Waals surface area contributed by atoms with Crippen molar-refractivity contribution in [1.82, 2.24) is 14.1 Å². The number of rotatable bonds is 8. The molecule has 8 heteroatoms. The lowest BCUT2D eigenvalue weighted by atomic mass is 10.1. The van der Waals surface area contributed by atoms with Gasteiger partial charge < -0.3 is 14.4 Å². The lowest BCUT2D eigenvalue weighted by molar-refractivity contribution is 0.117. The molecule has 0 saturated heterocycles. The molecule has 0 amide bonds. The Bertz CT molecular complexity index is 1530. The fourth-order valence-electron chi connectivity index (χ4n) is 3.85. The van der Waals surface area contributed by atoms with Gasteiger partial charge in [0.05, 0.1) is 22.5 Å². The first-order valence-corrected chi connectivity index (χ1v) is 15.8. The van der Waals surface area contributed by atoms with Crippen molar-refractivity contribution in [2.24, 2.45) is 0 Å². The highest BCUT2D eigenvalue weighted by Gasteiger charge is 2.14. The Balaban J connectivity index is 0.00000115. The normalized spacial score (nSPS) is 10.7. The van der Waals surface area contributed by atoms with Crippen LogP contribution in [0.3, 0.4) is 0 Å². The Kier molecular flexibility index (Phi) is 18.3. The summed E-state index contributed by atoms with van der Waals surface area (Å²) >= 11 is 12.5. The topological polar surface area (TPSA) is 69.3 Å². The zero-order valence-corrected chi connectivity index (χ0v) is 29.2. The van der Waals surface area contributed by atoms with E-state index in [-0.39, 0.29) is 12.2 Å². The highest BCUT2D eigenvalue weighted by atomic mass is 35.5. The number of halogens is 2. The Morgan fingerprint density at radius 3 is 2.27 bits per heavy atom. The number of aromatic nitrogens is 3. The summed E-state index contributed by atoms with van der Waals surface area (Å²) in [5.74, 6) is 0.816. The molecule has 0 aliphatic heterocycles. The second kappa shape index (κ2) is 21.0. The van der Waals surface area contributed by atoms with Gasteiger partial charge in [0.1, 0.15) is 5.82 Å². The highest BCUT2D eigenvalue weighted by molar-refractivity contribution is 6.36. The molecule has 0 radical (unpaired) electrons. The SMILES string of the molecule is C/C=C(\C)Cn1cc(-c2ccc(Cl)cc2Cl)nc1/C=C/c1ccc(-c2cccn2C(=O)OC(C)C)cc1.C=CCC.CC.CO. The number of carbonyl (C=O) groups is 1. The van der Waals surface area contributed by atoms with Crippen LogP contribution >= 0.6 is 23.2 Å². The van der Waals surface area contributed by atoms with Crippen molar-refractivity contribution in [3.05, 3.63) is 113 Å². The summed E-state index contributed by atoms with van der Waals surface area (Å²) in [6, 6.07) is 17.2. The maximum absolute atomic E-state index is 12.4. The van der Waals surface area contributed by atoms with E-state index in [9.17, 15) is 4.79 Å². The average molecular weight is 653 g/mol. The number of hydrogen-bond donors (Lipinski definition) is 1. The van der Waals surface area contributed by atoms with Crippen LogP contribution in [0.5, 0.6) is 0 Å². The summed E-state index contributed by atoms with van der Waals surface area (Å²) in [6.07, 6.45) is 12.2. The van der Waals surface area contributed by atoms with Gasteiger partial charge in [0.15, 0.2) is 0 Å². The van der Waals surface area contributed by atoms with Crippen LogP contribution in [0.25, 0.3) is 34.7 Å². The molecule has 242 valence electrons. The van der Waals surface area contributed by atoms with E-state index in [4.69, 9.17) is 38.0 Å². The fourth-order valence-corrected chi connectivity index (χ4v) is 4.35. The monoisotopic (exact) mass is 651 g/mol. The van der Waals surface area contributed by atoms with Gasteiger partial charge in [-0.25, -0.2) is 9.78 Å². The number of allylic oxidation sites excluding steroid dienone is 3. The molecule has 0 aliphatic carbocycles. The van der Waals surface area contributed by atoms with E-state index < -0.39 is 0 Å². The fraction of sp³-hybridized carbons (Fsp3) is 0.297. The number of nitrogens with zero attached hydrogens (tertiary/aromatic N) is 3. The van der Waals surface area contributed by atoms with Gasteiger partial charge in [-0.05, 0) is 81.7 Å². The lowest BCUT2D eigenvalue weighted by Crippen LogP contribution is -2.17. The van der Waals surface area contributed by atoms with Crippen molar-refractivity contribution in [3.8, 4) is 22.5 Å². The Morgan fingerprint density at radius 2 is 1.71 bits per heavy atom. The lowest BCUT2D eigenvalue weighted by Gasteiger charge is -2.11. The second-order valence-electron chi connectivity index (χ2n) is 9.72. The summed E-state index contributed by atoms with van der Waals surface area (Å²) in [5.41, 5.74) is 5.56. The number of benzene rings is 2. The summed E-state index contributed by atoms with van der Waals surface area (Å²) in [6.45, 7) is 18.0. The number of imidazole rings is 1. The van der Waals surface area contributed by atoms with E-state index in [0.717, 1.165) is 54.0 Å². The Labute approximate surface area is 279 Å². The third-order valence-electron chi connectivity index (χ3n) is 6.13. The van der Waals surface area contributed by atoms with Crippen molar-refractivity contribution < 1.29 is 14.6 Å². The largest absolute Gasteiger partial charge is 0.446 e. The van der Waals surface area contributed by atoms with Crippen molar-refractivity contribution in [2.75, 3.05) is 7.11 Å². The predicted molar refractivity (Wildman–Crippen MR) is 193 cm³/mol. The van der Waals surface area contributed by atoms with E-state index in [2.05, 4.69) is 31.1 Å². The molecule has 0 spiro atoms. The minimum Gasteiger partial charge on any atom is -0.446 e. The smallest absolute Gasteiger partial charge is 0.418 e. The van der Waals surface area contributed by atoms with Crippen LogP contribution in [0.15, 0.2) is 91.3 Å². The number of hydrogen-bond acceptors (Lipinski definition) is 4. The first-order valence-electron chi connectivity index (χ1n) is 15.0. The third-order valence-corrected chi connectivity index (χ3v) is 6.68. The average Bonchev–Trinajstić information content (AvgIpc) is 3.70. The molecule has 45 heavy (non-hydrogen) atoms. The van der Waals surface area contributed by atoms with Crippen LogP contribution in [-0.4, -0.2) is 38.5 Å². The first-order chi connectivity index (χ1) is 21.7. The molecular formula is C37H47Cl2N3O3. The van der Waals surface area contributed by atoms with Crippen molar-refractivity contribution in [3.63, 3.8) is 0 Å². The van der Waals surface area contributed by atoms with Gasteiger partial charge in [-0.15, -0.1) is 6.58 Å². The molecule has 0 aliphatic rings. The molecule has 4 aromatic rings. The zero-order valence-electron chi connectivity index (χ0n) is 27.7. The van der Waals surface area contributed by atoms with Crippen molar-refractivity contribution in [1.29, 1.82) is 0 Å². The summed E-state index contributed by atoms with van der Waals surface area (Å²) in [5, 5.41) is 8.15. The number of carbonyl (C=O) groups excluding carboxylic acids is 1. The van der Waals surface area contributed by atoms with Gasteiger partial charge in [-0.2, -0.15) is 0 Å². The van der Waals surface area contributed by atoms with Gasteiger partial charge in [0, 0.05) is 36.6 Å². The molecule has 2 aromatic carbocycles. The van der Waals surface area contributed by atoms with Gasteiger partial charge in [0.25, 0.3) is 0 Å². The van der Waals surface area contributed by atoms with Crippen LogP contribution in [-0.2, 0) is 11.3 Å². The van der Waals surface area contributed by atoms with E-state index >= 15 is 0 Å². The molecule has 2 aromatic heterocycles. The van der Waals surface area contributed by atoms with Gasteiger partial charge in [-0.3, -0.25) is 4.57 Å². The van der Waals surface area contributed by atoms with Gasteiger partial charge in [0.2, 0.25) is 0 Å². The van der Waals surface area contributed by atoms with E-state index in [0.29, 0.717) is 10.0 Å².